The van der Waals surface area contributed by atoms with Gasteiger partial charge in [0.1, 0.15) is 17.5 Å². The van der Waals surface area contributed by atoms with E-state index in [-0.39, 0.29) is 0 Å². The van der Waals surface area contributed by atoms with E-state index >= 15 is 0 Å². The van der Waals surface area contributed by atoms with Crippen LogP contribution in [0.5, 0.6) is 0 Å². The van der Waals surface area contributed by atoms with Crippen LogP contribution in [-0.2, 0) is 6.54 Å². The summed E-state index contributed by atoms with van der Waals surface area (Å²) in [4.78, 5) is 12.9. The molecular weight excluding hydrogens is 234 g/mol. The number of nitrogens with one attached hydrogen (secondary N) is 2. The van der Waals surface area contributed by atoms with E-state index in [1.807, 2.05) is 27.0 Å². The molecule has 2 heterocycles. The molecule has 0 amide bonds. The molecule has 0 aliphatic heterocycles. The van der Waals surface area contributed by atoms with E-state index in [1.165, 1.54) is 0 Å². The van der Waals surface area contributed by atoms with Crippen LogP contribution in [0, 0.1) is 13.8 Å². The second-order valence-corrected chi connectivity index (χ2v) is 4.71. The SMILES string of the molecule is CNc1cc(NCc2csc(C)n2)nc(C)n1. The minimum atomic E-state index is 0.684. The Bertz CT molecular complexity index is 508. The summed E-state index contributed by atoms with van der Waals surface area (Å²) in [6.45, 7) is 4.56. The summed E-state index contributed by atoms with van der Waals surface area (Å²) in [6.07, 6.45) is 0. The number of thiazole rings is 1. The fourth-order valence-corrected chi connectivity index (χ4v) is 2.07. The van der Waals surface area contributed by atoms with Crippen molar-refractivity contribution in [3.63, 3.8) is 0 Å². The quantitative estimate of drug-likeness (QED) is 0.869. The predicted octanol–water partition coefficient (Wildman–Crippen LogP) is 2.20. The molecule has 2 aromatic rings. The van der Waals surface area contributed by atoms with E-state index in [1.54, 1.807) is 11.3 Å². The molecule has 0 fully saturated rings. The van der Waals surface area contributed by atoms with Gasteiger partial charge in [-0.05, 0) is 13.8 Å². The lowest BCUT2D eigenvalue weighted by Gasteiger charge is -2.06. The molecule has 2 aromatic heterocycles. The minimum absolute atomic E-state index is 0.684. The highest BCUT2D eigenvalue weighted by molar-refractivity contribution is 7.09. The summed E-state index contributed by atoms with van der Waals surface area (Å²) in [5.74, 6) is 2.37. The van der Waals surface area contributed by atoms with Crippen molar-refractivity contribution in [1.29, 1.82) is 0 Å². The molecule has 5 nitrogen and oxygen atoms in total. The molecule has 6 heteroatoms. The maximum Gasteiger partial charge on any atom is 0.132 e. The molecule has 0 atom stereocenters. The molecule has 0 aliphatic rings. The maximum absolute atomic E-state index is 4.39. The Labute approximate surface area is 104 Å². The zero-order chi connectivity index (χ0) is 12.3. The monoisotopic (exact) mass is 249 g/mol. The average Bonchev–Trinajstić information content (AvgIpc) is 2.72. The van der Waals surface area contributed by atoms with Crippen molar-refractivity contribution in [2.45, 2.75) is 20.4 Å². The zero-order valence-electron chi connectivity index (χ0n) is 10.1. The van der Waals surface area contributed by atoms with Crippen molar-refractivity contribution >= 4 is 23.0 Å². The van der Waals surface area contributed by atoms with Crippen LogP contribution in [-0.4, -0.2) is 22.0 Å². The molecule has 0 saturated heterocycles. The van der Waals surface area contributed by atoms with Crippen LogP contribution < -0.4 is 10.6 Å². The summed E-state index contributed by atoms with van der Waals surface area (Å²) >= 11 is 1.65. The Morgan fingerprint density at radius 1 is 1.18 bits per heavy atom. The molecule has 0 spiro atoms. The molecule has 17 heavy (non-hydrogen) atoms. The van der Waals surface area contributed by atoms with Crippen molar-refractivity contribution in [2.24, 2.45) is 0 Å². The van der Waals surface area contributed by atoms with Crippen LogP contribution in [0.3, 0.4) is 0 Å². The van der Waals surface area contributed by atoms with Gasteiger partial charge in [0.15, 0.2) is 0 Å². The van der Waals surface area contributed by atoms with E-state index in [0.717, 1.165) is 28.2 Å². The molecule has 2 rings (SSSR count). The van der Waals surface area contributed by atoms with Crippen LogP contribution in [0.25, 0.3) is 0 Å². The number of rotatable bonds is 4. The first-order valence-electron chi connectivity index (χ1n) is 5.35. The van der Waals surface area contributed by atoms with Gasteiger partial charge in [-0.2, -0.15) is 0 Å². The smallest absolute Gasteiger partial charge is 0.132 e. The van der Waals surface area contributed by atoms with Gasteiger partial charge >= 0.3 is 0 Å². The van der Waals surface area contributed by atoms with E-state index in [0.29, 0.717) is 6.54 Å². The summed E-state index contributed by atoms with van der Waals surface area (Å²) in [7, 11) is 1.84. The van der Waals surface area contributed by atoms with E-state index in [9.17, 15) is 0 Å². The van der Waals surface area contributed by atoms with Crippen molar-refractivity contribution in [2.75, 3.05) is 17.7 Å². The number of aryl methyl sites for hydroxylation is 2. The summed E-state index contributed by atoms with van der Waals surface area (Å²) in [6, 6.07) is 1.88. The van der Waals surface area contributed by atoms with Crippen molar-refractivity contribution < 1.29 is 0 Å². The van der Waals surface area contributed by atoms with Crippen LogP contribution in [0.2, 0.25) is 0 Å². The second kappa shape index (κ2) is 5.09. The van der Waals surface area contributed by atoms with Crippen molar-refractivity contribution in [1.82, 2.24) is 15.0 Å². The Balaban J connectivity index is 2.05. The number of anilines is 2. The largest absolute Gasteiger partial charge is 0.373 e. The molecule has 0 bridgehead atoms. The van der Waals surface area contributed by atoms with Gasteiger partial charge < -0.3 is 10.6 Å². The van der Waals surface area contributed by atoms with Crippen molar-refractivity contribution in [3.8, 4) is 0 Å². The average molecular weight is 249 g/mol. The Hall–Kier alpha value is -1.69. The summed E-state index contributed by atoms with van der Waals surface area (Å²) < 4.78 is 0. The van der Waals surface area contributed by atoms with E-state index in [4.69, 9.17) is 0 Å². The first-order chi connectivity index (χ1) is 8.17. The summed E-state index contributed by atoms with van der Waals surface area (Å²) in [5.41, 5.74) is 1.04. The Morgan fingerprint density at radius 3 is 2.59 bits per heavy atom. The number of nitrogens with zero attached hydrogens (tertiary/aromatic N) is 3. The van der Waals surface area contributed by atoms with Gasteiger partial charge in [-0.3, -0.25) is 0 Å². The van der Waals surface area contributed by atoms with Gasteiger partial charge in [-0.25, -0.2) is 15.0 Å². The highest BCUT2D eigenvalue weighted by atomic mass is 32.1. The van der Waals surface area contributed by atoms with Gasteiger partial charge in [0.05, 0.1) is 17.2 Å². The van der Waals surface area contributed by atoms with Gasteiger partial charge in [0.2, 0.25) is 0 Å². The molecule has 0 saturated carbocycles. The fraction of sp³-hybridized carbons (Fsp3) is 0.364. The topological polar surface area (TPSA) is 62.7 Å². The van der Waals surface area contributed by atoms with Crippen LogP contribution in [0.4, 0.5) is 11.6 Å². The normalized spacial score (nSPS) is 10.3. The van der Waals surface area contributed by atoms with Gasteiger partial charge in [-0.15, -0.1) is 11.3 Å². The Kier molecular flexibility index (Phi) is 3.53. The maximum atomic E-state index is 4.39. The summed E-state index contributed by atoms with van der Waals surface area (Å²) in [5, 5.41) is 9.38. The third-order valence-corrected chi connectivity index (χ3v) is 3.03. The molecule has 2 N–H and O–H groups in total. The number of hydrogen-bond acceptors (Lipinski definition) is 6. The molecule has 90 valence electrons. The third kappa shape index (κ3) is 3.13. The highest BCUT2D eigenvalue weighted by Crippen LogP contribution is 2.13. The van der Waals surface area contributed by atoms with Crippen LogP contribution in [0.1, 0.15) is 16.5 Å². The minimum Gasteiger partial charge on any atom is -0.373 e. The molecule has 0 radical (unpaired) electrons. The van der Waals surface area contributed by atoms with Crippen LogP contribution >= 0.6 is 11.3 Å². The lowest BCUT2D eigenvalue weighted by Crippen LogP contribution is -2.05. The standard InChI is InChI=1S/C11H15N5S/c1-7-14-10(12-3)4-11(15-7)13-5-9-6-17-8(2)16-9/h4,6H,5H2,1-3H3,(H2,12,13,14,15). The first-order valence-corrected chi connectivity index (χ1v) is 6.23. The first kappa shape index (κ1) is 11.8. The van der Waals surface area contributed by atoms with Crippen molar-refractivity contribution in [3.05, 3.63) is 28.0 Å². The lowest BCUT2D eigenvalue weighted by atomic mass is 10.4. The zero-order valence-corrected chi connectivity index (χ0v) is 10.9. The van der Waals surface area contributed by atoms with Crippen LogP contribution in [0.15, 0.2) is 11.4 Å². The second-order valence-electron chi connectivity index (χ2n) is 3.65. The Morgan fingerprint density at radius 2 is 1.94 bits per heavy atom. The molecule has 0 unspecified atom stereocenters. The third-order valence-electron chi connectivity index (χ3n) is 2.21. The highest BCUT2D eigenvalue weighted by Gasteiger charge is 2.02. The fourth-order valence-electron chi connectivity index (χ4n) is 1.46. The molecule has 0 aliphatic carbocycles. The van der Waals surface area contributed by atoms with Gasteiger partial charge in [0.25, 0.3) is 0 Å². The van der Waals surface area contributed by atoms with E-state index < -0.39 is 0 Å². The molecular formula is C11H15N5S. The lowest BCUT2D eigenvalue weighted by molar-refractivity contribution is 0.999. The number of hydrogen-bond donors (Lipinski definition) is 2. The predicted molar refractivity (Wildman–Crippen MR) is 70.5 cm³/mol. The van der Waals surface area contributed by atoms with Gasteiger partial charge in [-0.1, -0.05) is 0 Å². The van der Waals surface area contributed by atoms with Gasteiger partial charge in [0, 0.05) is 18.5 Å². The molecule has 0 aromatic carbocycles. The van der Waals surface area contributed by atoms with E-state index in [2.05, 4.69) is 31.0 Å². The number of aromatic nitrogens is 3.